The summed E-state index contributed by atoms with van der Waals surface area (Å²) in [4.78, 5) is 14.3. The van der Waals surface area contributed by atoms with Gasteiger partial charge in [0.1, 0.15) is 5.69 Å². The van der Waals surface area contributed by atoms with E-state index in [9.17, 15) is 9.90 Å². The van der Waals surface area contributed by atoms with Crippen molar-refractivity contribution in [1.82, 2.24) is 10.3 Å². The van der Waals surface area contributed by atoms with Gasteiger partial charge in [-0.25, -0.2) is 4.79 Å². The van der Waals surface area contributed by atoms with Gasteiger partial charge in [0.2, 0.25) is 0 Å². The number of ether oxygens (including phenoxy) is 1. The van der Waals surface area contributed by atoms with Gasteiger partial charge in [0.25, 0.3) is 0 Å². The minimum atomic E-state index is -0.352. The maximum atomic E-state index is 11.3. The third kappa shape index (κ3) is 3.34. The molecule has 2 rings (SSSR count). The zero-order valence-corrected chi connectivity index (χ0v) is 10.6. The highest BCUT2D eigenvalue weighted by Gasteiger charge is 2.19. The smallest absolute Gasteiger partial charge is 0.354 e. The normalized spacial score (nSPS) is 23.9. The Bertz CT molecular complexity index is 403. The Morgan fingerprint density at radius 1 is 1.56 bits per heavy atom. The zero-order chi connectivity index (χ0) is 13.0. The molecule has 1 heterocycles. The van der Waals surface area contributed by atoms with Crippen molar-refractivity contribution in [3.05, 3.63) is 23.5 Å². The van der Waals surface area contributed by atoms with E-state index in [1.807, 2.05) is 6.07 Å². The van der Waals surface area contributed by atoms with Gasteiger partial charge in [0, 0.05) is 18.3 Å². The number of hydrogen-bond acceptors (Lipinski definition) is 4. The van der Waals surface area contributed by atoms with Gasteiger partial charge in [-0.3, -0.25) is 0 Å². The maximum Gasteiger partial charge on any atom is 0.354 e. The first-order valence-electron chi connectivity index (χ1n) is 6.36. The second-order valence-electron chi connectivity index (χ2n) is 4.79. The Morgan fingerprint density at radius 3 is 3.11 bits per heavy atom. The minimum Gasteiger partial charge on any atom is -0.464 e. The first kappa shape index (κ1) is 13.1. The number of rotatable bonds is 4. The summed E-state index contributed by atoms with van der Waals surface area (Å²) < 4.78 is 4.63. The van der Waals surface area contributed by atoms with Crippen LogP contribution in [0.4, 0.5) is 0 Å². The average molecular weight is 252 g/mol. The van der Waals surface area contributed by atoms with E-state index < -0.39 is 0 Å². The Hall–Kier alpha value is -1.33. The van der Waals surface area contributed by atoms with Crippen molar-refractivity contribution in [2.45, 2.75) is 44.4 Å². The standard InChI is InChI=1S/C13H20N2O3/c1-18-13(17)12-6-5-10(15-12)8-14-9-3-2-4-11(16)7-9/h5-6,9,11,14-16H,2-4,7-8H2,1H3. The van der Waals surface area contributed by atoms with Crippen LogP contribution >= 0.6 is 0 Å². The van der Waals surface area contributed by atoms with E-state index in [4.69, 9.17) is 0 Å². The summed E-state index contributed by atoms with van der Waals surface area (Å²) in [6, 6.07) is 3.95. The number of aromatic amines is 1. The van der Waals surface area contributed by atoms with Crippen LogP contribution in [-0.2, 0) is 11.3 Å². The molecule has 2 unspecified atom stereocenters. The molecule has 0 aliphatic heterocycles. The lowest BCUT2D eigenvalue weighted by molar-refractivity contribution is 0.0594. The lowest BCUT2D eigenvalue weighted by atomic mass is 9.93. The van der Waals surface area contributed by atoms with E-state index in [2.05, 4.69) is 15.0 Å². The minimum absolute atomic E-state index is 0.175. The fourth-order valence-corrected chi connectivity index (χ4v) is 2.38. The molecule has 0 bridgehead atoms. The summed E-state index contributed by atoms with van der Waals surface area (Å²) >= 11 is 0. The summed E-state index contributed by atoms with van der Waals surface area (Å²) in [5.41, 5.74) is 1.42. The van der Waals surface area contributed by atoms with Gasteiger partial charge in [-0.1, -0.05) is 0 Å². The molecule has 1 aliphatic rings. The van der Waals surface area contributed by atoms with Gasteiger partial charge in [-0.15, -0.1) is 0 Å². The van der Waals surface area contributed by atoms with Gasteiger partial charge in [0.05, 0.1) is 13.2 Å². The van der Waals surface area contributed by atoms with E-state index >= 15 is 0 Å². The summed E-state index contributed by atoms with van der Waals surface area (Å²) in [5.74, 6) is -0.352. The molecule has 0 aromatic carbocycles. The van der Waals surface area contributed by atoms with Crippen molar-refractivity contribution in [1.29, 1.82) is 0 Å². The highest BCUT2D eigenvalue weighted by Crippen LogP contribution is 2.18. The average Bonchev–Trinajstić information content (AvgIpc) is 2.84. The fraction of sp³-hybridized carbons (Fsp3) is 0.615. The molecule has 5 heteroatoms. The molecule has 3 N–H and O–H groups in total. The quantitative estimate of drug-likeness (QED) is 0.704. The monoisotopic (exact) mass is 252 g/mol. The van der Waals surface area contributed by atoms with E-state index in [0.717, 1.165) is 31.4 Å². The molecule has 1 saturated carbocycles. The predicted octanol–water partition coefficient (Wildman–Crippen LogP) is 1.19. The van der Waals surface area contributed by atoms with Gasteiger partial charge in [-0.05, 0) is 37.8 Å². The molecule has 1 fully saturated rings. The van der Waals surface area contributed by atoms with E-state index in [1.165, 1.54) is 7.11 Å². The number of aromatic nitrogens is 1. The largest absolute Gasteiger partial charge is 0.464 e. The second-order valence-corrected chi connectivity index (χ2v) is 4.79. The van der Waals surface area contributed by atoms with Crippen LogP contribution in [0.5, 0.6) is 0 Å². The number of aliphatic hydroxyl groups is 1. The number of carbonyl (C=O) groups excluding carboxylic acids is 1. The molecular formula is C13H20N2O3. The Morgan fingerprint density at radius 2 is 2.39 bits per heavy atom. The van der Waals surface area contributed by atoms with Gasteiger partial charge >= 0.3 is 5.97 Å². The molecule has 0 amide bonds. The van der Waals surface area contributed by atoms with Crippen LogP contribution in [0.1, 0.15) is 41.9 Å². The van der Waals surface area contributed by atoms with Gasteiger partial charge < -0.3 is 20.1 Å². The highest BCUT2D eigenvalue weighted by atomic mass is 16.5. The third-order valence-electron chi connectivity index (χ3n) is 3.38. The summed E-state index contributed by atoms with van der Waals surface area (Å²) in [6.45, 7) is 0.675. The maximum absolute atomic E-state index is 11.3. The van der Waals surface area contributed by atoms with E-state index in [1.54, 1.807) is 6.07 Å². The number of hydrogen-bond donors (Lipinski definition) is 3. The van der Waals surface area contributed by atoms with Gasteiger partial charge in [0.15, 0.2) is 0 Å². The molecule has 0 saturated heterocycles. The third-order valence-corrected chi connectivity index (χ3v) is 3.38. The zero-order valence-electron chi connectivity index (χ0n) is 10.6. The Labute approximate surface area is 107 Å². The lowest BCUT2D eigenvalue weighted by Crippen LogP contribution is -2.35. The molecule has 0 radical (unpaired) electrons. The van der Waals surface area contributed by atoms with Crippen LogP contribution in [0, 0.1) is 0 Å². The van der Waals surface area contributed by atoms with Crippen LogP contribution in [0.3, 0.4) is 0 Å². The number of methoxy groups -OCH3 is 1. The number of esters is 1. The van der Waals surface area contributed by atoms with Crippen molar-refractivity contribution in [3.63, 3.8) is 0 Å². The fourth-order valence-electron chi connectivity index (χ4n) is 2.38. The number of H-pyrrole nitrogens is 1. The Balaban J connectivity index is 1.82. The number of carbonyl (C=O) groups is 1. The Kier molecular flexibility index (Phi) is 4.38. The van der Waals surface area contributed by atoms with Crippen molar-refractivity contribution >= 4 is 5.97 Å². The molecule has 100 valence electrons. The van der Waals surface area contributed by atoms with E-state index in [0.29, 0.717) is 18.3 Å². The summed E-state index contributed by atoms with van der Waals surface area (Å²) in [6.07, 6.45) is 3.71. The van der Waals surface area contributed by atoms with Crippen molar-refractivity contribution in [2.24, 2.45) is 0 Å². The number of nitrogens with one attached hydrogen (secondary N) is 2. The molecular weight excluding hydrogens is 232 g/mol. The van der Waals surface area contributed by atoms with Gasteiger partial charge in [-0.2, -0.15) is 0 Å². The first-order chi connectivity index (χ1) is 8.69. The highest BCUT2D eigenvalue weighted by molar-refractivity contribution is 5.87. The molecule has 1 aliphatic carbocycles. The molecule has 2 atom stereocenters. The van der Waals surface area contributed by atoms with Crippen molar-refractivity contribution in [2.75, 3.05) is 7.11 Å². The molecule has 18 heavy (non-hydrogen) atoms. The van der Waals surface area contributed by atoms with Crippen LogP contribution in [0.2, 0.25) is 0 Å². The molecule has 5 nitrogen and oxygen atoms in total. The first-order valence-corrected chi connectivity index (χ1v) is 6.36. The van der Waals surface area contributed by atoms with Crippen LogP contribution in [0.15, 0.2) is 12.1 Å². The molecule has 1 aromatic heterocycles. The SMILES string of the molecule is COC(=O)c1ccc(CNC2CCCC(O)C2)[nH]1. The number of aliphatic hydroxyl groups excluding tert-OH is 1. The topological polar surface area (TPSA) is 74.3 Å². The predicted molar refractivity (Wildman–Crippen MR) is 67.2 cm³/mol. The van der Waals surface area contributed by atoms with Crippen LogP contribution in [-0.4, -0.2) is 35.3 Å². The molecule has 0 spiro atoms. The summed E-state index contributed by atoms with van der Waals surface area (Å²) in [7, 11) is 1.37. The lowest BCUT2D eigenvalue weighted by Gasteiger charge is -2.26. The van der Waals surface area contributed by atoms with Crippen molar-refractivity contribution in [3.8, 4) is 0 Å². The summed E-state index contributed by atoms with van der Waals surface area (Å²) in [5, 5.41) is 13.0. The second kappa shape index (κ2) is 6.02. The van der Waals surface area contributed by atoms with E-state index in [-0.39, 0.29) is 12.1 Å². The molecule has 1 aromatic rings. The van der Waals surface area contributed by atoms with Crippen LogP contribution < -0.4 is 5.32 Å². The van der Waals surface area contributed by atoms with Crippen molar-refractivity contribution < 1.29 is 14.6 Å². The van der Waals surface area contributed by atoms with Crippen LogP contribution in [0.25, 0.3) is 0 Å².